The monoisotopic (exact) mass is 367 g/mol. The van der Waals surface area contributed by atoms with Crippen molar-refractivity contribution in [1.29, 1.82) is 0 Å². The largest absolute Gasteiger partial charge is 0.288 e. The second-order valence-electron chi connectivity index (χ2n) is 8.39. The van der Waals surface area contributed by atoms with Crippen LogP contribution in [0.1, 0.15) is 110 Å². The minimum atomic E-state index is -0.0912. The Morgan fingerprint density at radius 1 is 0.731 bits per heavy atom. The van der Waals surface area contributed by atoms with Crippen molar-refractivity contribution in [1.82, 2.24) is 5.43 Å². The van der Waals surface area contributed by atoms with Gasteiger partial charge in [-0.2, -0.15) is 5.43 Å². The van der Waals surface area contributed by atoms with Gasteiger partial charge in [-0.15, -0.1) is 0 Å². The van der Waals surface area contributed by atoms with Crippen LogP contribution in [0.15, 0.2) is 12.7 Å². The van der Waals surface area contributed by atoms with Crippen molar-refractivity contribution >= 4 is 5.91 Å². The molecule has 0 heterocycles. The lowest BCUT2D eigenvalue weighted by Gasteiger charge is -2.28. The molecule has 1 N–H and O–H groups in total. The number of quaternary nitrogens is 1. The lowest BCUT2D eigenvalue weighted by Crippen LogP contribution is -2.54. The second kappa shape index (κ2) is 17.6. The predicted molar refractivity (Wildman–Crippen MR) is 115 cm³/mol. The summed E-state index contributed by atoms with van der Waals surface area (Å²) < 4.78 is 0.545. The Balaban J connectivity index is 3.24. The standard InChI is InChI=1S/C23H46N2O/c1-5-7-8-9-10-11-12-13-14-15-16-17-18-19-20-21-22-25(3,4)24-23(26)6-2/h6H,2,5,7-22H2,1,3-4H3/p+1. The van der Waals surface area contributed by atoms with Gasteiger partial charge in [-0.1, -0.05) is 103 Å². The van der Waals surface area contributed by atoms with Crippen LogP contribution in [-0.4, -0.2) is 31.1 Å². The molecule has 0 spiro atoms. The molecule has 0 aliphatic rings. The molecule has 0 aromatic rings. The molecule has 0 aromatic heterocycles. The van der Waals surface area contributed by atoms with Crippen molar-refractivity contribution in [3.63, 3.8) is 0 Å². The molecule has 0 atom stereocenters. The van der Waals surface area contributed by atoms with Crippen molar-refractivity contribution in [3.05, 3.63) is 12.7 Å². The zero-order chi connectivity index (χ0) is 19.5. The van der Waals surface area contributed by atoms with Crippen LogP contribution in [0, 0.1) is 0 Å². The molecule has 0 aliphatic heterocycles. The van der Waals surface area contributed by atoms with E-state index in [0.29, 0.717) is 4.59 Å². The van der Waals surface area contributed by atoms with Gasteiger partial charge in [0.25, 0.3) is 5.91 Å². The molecule has 0 fully saturated rings. The number of nitrogens with zero attached hydrogens (tertiary/aromatic N) is 1. The Hall–Kier alpha value is -0.830. The molecule has 0 aromatic carbocycles. The lowest BCUT2D eigenvalue weighted by atomic mass is 10.0. The number of carbonyl (C=O) groups is 1. The number of carbonyl (C=O) groups excluding carboxylic acids is 1. The first-order chi connectivity index (χ1) is 12.5. The zero-order valence-corrected chi connectivity index (χ0v) is 18.2. The summed E-state index contributed by atoms with van der Waals surface area (Å²) in [5.41, 5.74) is 2.94. The minimum Gasteiger partial charge on any atom is -0.265 e. The summed E-state index contributed by atoms with van der Waals surface area (Å²) in [6.07, 6.45) is 23.6. The highest BCUT2D eigenvalue weighted by Gasteiger charge is 2.16. The number of nitrogens with one attached hydrogen (secondary N) is 1. The lowest BCUT2D eigenvalue weighted by molar-refractivity contribution is -0.925. The van der Waals surface area contributed by atoms with E-state index in [-0.39, 0.29) is 5.91 Å². The number of amides is 1. The Bertz CT molecular complexity index is 339. The van der Waals surface area contributed by atoms with E-state index in [0.717, 1.165) is 6.54 Å². The fraction of sp³-hybridized carbons (Fsp3) is 0.870. The van der Waals surface area contributed by atoms with Gasteiger partial charge < -0.3 is 0 Å². The van der Waals surface area contributed by atoms with Crippen molar-refractivity contribution in [2.75, 3.05) is 20.6 Å². The topological polar surface area (TPSA) is 29.1 Å². The maximum Gasteiger partial charge on any atom is 0.288 e. The van der Waals surface area contributed by atoms with Crippen LogP contribution >= 0.6 is 0 Å². The second-order valence-corrected chi connectivity index (χ2v) is 8.39. The average Bonchev–Trinajstić information content (AvgIpc) is 2.60. The van der Waals surface area contributed by atoms with Gasteiger partial charge in [0, 0.05) is 6.08 Å². The van der Waals surface area contributed by atoms with Gasteiger partial charge in [0.2, 0.25) is 0 Å². The number of rotatable bonds is 19. The van der Waals surface area contributed by atoms with Crippen LogP contribution in [0.3, 0.4) is 0 Å². The van der Waals surface area contributed by atoms with E-state index in [1.165, 1.54) is 109 Å². The highest BCUT2D eigenvalue weighted by atomic mass is 16.2. The van der Waals surface area contributed by atoms with Gasteiger partial charge >= 0.3 is 0 Å². The summed E-state index contributed by atoms with van der Waals surface area (Å²) in [5, 5.41) is 0. The van der Waals surface area contributed by atoms with E-state index < -0.39 is 0 Å². The van der Waals surface area contributed by atoms with E-state index in [4.69, 9.17) is 0 Å². The van der Waals surface area contributed by atoms with Crippen molar-refractivity contribution in [2.45, 2.75) is 110 Å². The molecule has 0 saturated carbocycles. The van der Waals surface area contributed by atoms with Crippen LogP contribution < -0.4 is 5.43 Å². The summed E-state index contributed by atoms with van der Waals surface area (Å²) in [5.74, 6) is -0.0912. The van der Waals surface area contributed by atoms with Crippen molar-refractivity contribution in [3.8, 4) is 0 Å². The normalized spacial score (nSPS) is 11.5. The molecule has 0 radical (unpaired) electrons. The minimum absolute atomic E-state index is 0.0912. The Kier molecular flexibility index (Phi) is 17.0. The van der Waals surface area contributed by atoms with Gasteiger partial charge in [0.15, 0.2) is 0 Å². The summed E-state index contributed by atoms with van der Waals surface area (Å²) >= 11 is 0. The maximum atomic E-state index is 11.4. The fourth-order valence-electron chi connectivity index (χ4n) is 3.46. The number of hydrogen-bond donors (Lipinski definition) is 1. The van der Waals surface area contributed by atoms with Crippen LogP contribution in [-0.2, 0) is 4.79 Å². The van der Waals surface area contributed by atoms with E-state index in [2.05, 4.69) is 18.9 Å². The SMILES string of the molecule is C=CC(=O)N[N+](C)(C)CCCCCCCCCCCCCCCCCC. The molecule has 0 aliphatic carbocycles. The Morgan fingerprint density at radius 3 is 1.42 bits per heavy atom. The molecule has 0 rings (SSSR count). The third-order valence-electron chi connectivity index (χ3n) is 5.17. The summed E-state index contributed by atoms with van der Waals surface area (Å²) in [4.78, 5) is 11.4. The first-order valence-corrected chi connectivity index (χ1v) is 11.3. The molecule has 3 nitrogen and oxygen atoms in total. The van der Waals surface area contributed by atoms with Crippen molar-refractivity contribution < 1.29 is 9.39 Å². The fourth-order valence-corrected chi connectivity index (χ4v) is 3.46. The van der Waals surface area contributed by atoms with Gasteiger partial charge in [-0.25, -0.2) is 4.59 Å². The first-order valence-electron chi connectivity index (χ1n) is 11.3. The molecule has 0 bridgehead atoms. The van der Waals surface area contributed by atoms with Crippen molar-refractivity contribution in [2.24, 2.45) is 0 Å². The highest BCUT2D eigenvalue weighted by molar-refractivity contribution is 5.85. The van der Waals surface area contributed by atoms with Gasteiger partial charge in [0.05, 0.1) is 14.1 Å². The molecule has 154 valence electrons. The Labute approximate surface area is 164 Å². The van der Waals surface area contributed by atoms with Crippen LogP contribution in [0.25, 0.3) is 0 Å². The highest BCUT2D eigenvalue weighted by Crippen LogP contribution is 2.13. The zero-order valence-electron chi connectivity index (χ0n) is 18.2. The smallest absolute Gasteiger partial charge is 0.265 e. The molecule has 0 saturated heterocycles. The summed E-state index contributed by atoms with van der Waals surface area (Å²) in [6.45, 7) is 6.77. The van der Waals surface area contributed by atoms with Gasteiger partial charge in [-0.05, 0) is 12.8 Å². The van der Waals surface area contributed by atoms with E-state index in [1.54, 1.807) is 0 Å². The molecule has 26 heavy (non-hydrogen) atoms. The molecule has 0 unspecified atom stereocenters. The number of hydrogen-bond acceptors (Lipinski definition) is 1. The third kappa shape index (κ3) is 18.0. The van der Waals surface area contributed by atoms with Crippen LogP contribution in [0.2, 0.25) is 0 Å². The van der Waals surface area contributed by atoms with E-state index in [9.17, 15) is 4.79 Å². The molecular weight excluding hydrogens is 320 g/mol. The molecule has 3 heteroatoms. The molecule has 1 amide bonds. The van der Waals surface area contributed by atoms with Gasteiger partial charge in [-0.3, -0.25) is 4.79 Å². The number of unbranched alkanes of at least 4 members (excludes halogenated alkanes) is 15. The van der Waals surface area contributed by atoms with E-state index in [1.807, 2.05) is 14.1 Å². The van der Waals surface area contributed by atoms with Crippen LogP contribution in [0.4, 0.5) is 0 Å². The average molecular weight is 368 g/mol. The first kappa shape index (κ1) is 25.2. The molecular formula is C23H47N2O+. The summed E-state index contributed by atoms with van der Waals surface area (Å²) in [7, 11) is 4.07. The van der Waals surface area contributed by atoms with Gasteiger partial charge in [0.1, 0.15) is 6.54 Å². The van der Waals surface area contributed by atoms with Crippen LogP contribution in [0.5, 0.6) is 0 Å². The summed E-state index contributed by atoms with van der Waals surface area (Å²) in [6, 6.07) is 0. The third-order valence-corrected chi connectivity index (χ3v) is 5.17. The maximum absolute atomic E-state index is 11.4. The van der Waals surface area contributed by atoms with E-state index >= 15 is 0 Å². The quantitative estimate of drug-likeness (QED) is 0.119. The Morgan fingerprint density at radius 2 is 1.08 bits per heavy atom. The predicted octanol–water partition coefficient (Wildman–Crippen LogP) is 6.54.